The lowest BCUT2D eigenvalue weighted by molar-refractivity contribution is 0.0642. The molecule has 0 fully saturated rings. The summed E-state index contributed by atoms with van der Waals surface area (Å²) in [5.74, 6) is -1.62. The Labute approximate surface area is 178 Å². The van der Waals surface area contributed by atoms with Crippen molar-refractivity contribution in [1.29, 1.82) is 0 Å². The maximum absolute atomic E-state index is 14.5. The zero-order valence-electron chi connectivity index (χ0n) is 16.7. The Morgan fingerprint density at radius 2 is 1.68 bits per heavy atom. The second-order valence-electron chi connectivity index (χ2n) is 7.75. The molecule has 2 heterocycles. The van der Waals surface area contributed by atoms with Crippen molar-refractivity contribution >= 4 is 23.4 Å². The molecule has 0 saturated carbocycles. The molecule has 0 radical (unpaired) electrons. The van der Waals surface area contributed by atoms with Gasteiger partial charge in [-0.1, -0.05) is 42.5 Å². The zero-order chi connectivity index (χ0) is 21.5. The number of hydrogen-bond acceptors (Lipinski definition) is 3. The number of hydrogen-bond donors (Lipinski definition) is 0. The van der Waals surface area contributed by atoms with Crippen LogP contribution in [0.1, 0.15) is 48.6 Å². The summed E-state index contributed by atoms with van der Waals surface area (Å²) in [7, 11) is 0. The summed E-state index contributed by atoms with van der Waals surface area (Å²) in [6, 6.07) is 18.6. The largest absolute Gasteiger partial charge is 0.305 e. The Kier molecular flexibility index (Phi) is 4.62. The van der Waals surface area contributed by atoms with Gasteiger partial charge in [0.25, 0.3) is 17.7 Å². The van der Waals surface area contributed by atoms with Crippen LogP contribution in [-0.4, -0.2) is 29.2 Å². The van der Waals surface area contributed by atoms with Crippen molar-refractivity contribution in [2.75, 3.05) is 11.4 Å². The van der Waals surface area contributed by atoms with Crippen LogP contribution in [0, 0.1) is 5.82 Å². The van der Waals surface area contributed by atoms with Crippen molar-refractivity contribution < 1.29 is 18.8 Å². The van der Waals surface area contributed by atoms with E-state index in [-0.39, 0.29) is 35.0 Å². The lowest BCUT2D eigenvalue weighted by atomic mass is 9.99. The van der Waals surface area contributed by atoms with Crippen molar-refractivity contribution in [2.45, 2.75) is 19.4 Å². The van der Waals surface area contributed by atoms with Gasteiger partial charge < -0.3 is 4.90 Å². The predicted molar refractivity (Wildman–Crippen MR) is 113 cm³/mol. The Morgan fingerprint density at radius 3 is 2.48 bits per heavy atom. The highest BCUT2D eigenvalue weighted by Crippen LogP contribution is 2.32. The van der Waals surface area contributed by atoms with E-state index in [0.717, 1.165) is 17.5 Å². The maximum Gasteiger partial charge on any atom is 0.261 e. The molecule has 2 aliphatic heterocycles. The number of aryl methyl sites for hydroxylation is 1. The van der Waals surface area contributed by atoms with Crippen LogP contribution in [0.4, 0.5) is 10.1 Å². The van der Waals surface area contributed by atoms with Gasteiger partial charge in [-0.2, -0.15) is 0 Å². The maximum atomic E-state index is 14.5. The van der Waals surface area contributed by atoms with E-state index in [1.54, 1.807) is 6.07 Å². The second-order valence-corrected chi connectivity index (χ2v) is 7.75. The summed E-state index contributed by atoms with van der Waals surface area (Å²) in [5.41, 5.74) is 2.68. The first kappa shape index (κ1) is 19.2. The van der Waals surface area contributed by atoms with E-state index in [2.05, 4.69) is 0 Å². The van der Waals surface area contributed by atoms with Crippen LogP contribution in [0.25, 0.3) is 0 Å². The summed E-state index contributed by atoms with van der Waals surface area (Å²) in [5, 5.41) is 0. The van der Waals surface area contributed by atoms with Crippen molar-refractivity contribution in [3.8, 4) is 0 Å². The fourth-order valence-corrected chi connectivity index (χ4v) is 4.30. The Hall–Kier alpha value is -3.80. The average molecular weight is 414 g/mol. The van der Waals surface area contributed by atoms with Crippen LogP contribution in [0.5, 0.6) is 0 Å². The number of nitrogens with zero attached hydrogens (tertiary/aromatic N) is 2. The van der Waals surface area contributed by atoms with Crippen molar-refractivity contribution in [3.63, 3.8) is 0 Å². The number of fused-ring (bicyclic) bond motifs is 2. The number of para-hydroxylation sites is 1. The SMILES string of the molecule is O=C1c2ccc(C(=O)N3CCCc4cccc(F)c43)cc2C(=O)N1Cc1ccccc1. The monoisotopic (exact) mass is 414 g/mol. The van der Waals surface area contributed by atoms with Crippen LogP contribution < -0.4 is 4.90 Å². The van der Waals surface area contributed by atoms with E-state index in [1.807, 2.05) is 36.4 Å². The van der Waals surface area contributed by atoms with Gasteiger partial charge in [0.1, 0.15) is 5.82 Å². The van der Waals surface area contributed by atoms with Gasteiger partial charge in [0.05, 0.1) is 23.4 Å². The number of carbonyl (C=O) groups is 3. The molecule has 6 heteroatoms. The summed E-state index contributed by atoms with van der Waals surface area (Å²) < 4.78 is 14.5. The minimum absolute atomic E-state index is 0.168. The molecule has 5 nitrogen and oxygen atoms in total. The summed E-state index contributed by atoms with van der Waals surface area (Å²) >= 11 is 0. The van der Waals surface area contributed by atoms with E-state index < -0.39 is 11.7 Å². The Bertz CT molecular complexity index is 1220. The van der Waals surface area contributed by atoms with E-state index in [4.69, 9.17) is 0 Å². The highest BCUT2D eigenvalue weighted by Gasteiger charge is 2.36. The van der Waals surface area contributed by atoms with Crippen LogP contribution in [0.3, 0.4) is 0 Å². The highest BCUT2D eigenvalue weighted by molar-refractivity contribution is 6.22. The molecular formula is C25H19FN2O3. The number of carbonyl (C=O) groups excluding carboxylic acids is 3. The number of benzene rings is 3. The first-order chi connectivity index (χ1) is 15.0. The van der Waals surface area contributed by atoms with E-state index in [9.17, 15) is 18.8 Å². The van der Waals surface area contributed by atoms with Gasteiger partial charge in [0, 0.05) is 12.1 Å². The molecule has 31 heavy (non-hydrogen) atoms. The molecule has 0 aromatic heterocycles. The fraction of sp³-hybridized carbons (Fsp3) is 0.160. The molecule has 0 saturated heterocycles. The molecule has 2 aliphatic rings. The number of anilines is 1. The third kappa shape index (κ3) is 3.20. The van der Waals surface area contributed by atoms with E-state index in [0.29, 0.717) is 18.7 Å². The topological polar surface area (TPSA) is 57.7 Å². The van der Waals surface area contributed by atoms with Crippen LogP contribution in [0.15, 0.2) is 66.7 Å². The molecule has 154 valence electrons. The van der Waals surface area contributed by atoms with Gasteiger partial charge in [-0.05, 0) is 48.2 Å². The first-order valence-corrected chi connectivity index (χ1v) is 10.2. The van der Waals surface area contributed by atoms with Crippen molar-refractivity contribution in [1.82, 2.24) is 4.90 Å². The predicted octanol–water partition coefficient (Wildman–Crippen LogP) is 4.21. The molecule has 3 aromatic rings. The van der Waals surface area contributed by atoms with Gasteiger partial charge in [0.15, 0.2) is 0 Å². The number of imide groups is 1. The van der Waals surface area contributed by atoms with Crippen LogP contribution >= 0.6 is 0 Å². The summed E-state index contributed by atoms with van der Waals surface area (Å²) in [6.45, 7) is 0.567. The Morgan fingerprint density at radius 1 is 0.903 bits per heavy atom. The molecule has 3 amide bonds. The lowest BCUT2D eigenvalue weighted by Gasteiger charge is -2.30. The minimum Gasteiger partial charge on any atom is -0.305 e. The molecule has 0 spiro atoms. The molecule has 0 atom stereocenters. The van der Waals surface area contributed by atoms with Crippen LogP contribution in [-0.2, 0) is 13.0 Å². The average Bonchev–Trinajstić information content (AvgIpc) is 3.03. The molecule has 0 N–H and O–H groups in total. The molecule has 5 rings (SSSR count). The molecule has 0 bridgehead atoms. The zero-order valence-corrected chi connectivity index (χ0v) is 16.7. The quantitative estimate of drug-likeness (QED) is 0.603. The second kappa shape index (κ2) is 7.47. The van der Waals surface area contributed by atoms with Crippen molar-refractivity contribution in [2.24, 2.45) is 0 Å². The smallest absolute Gasteiger partial charge is 0.261 e. The fourth-order valence-electron chi connectivity index (χ4n) is 4.30. The van der Waals surface area contributed by atoms with Gasteiger partial charge >= 0.3 is 0 Å². The van der Waals surface area contributed by atoms with Gasteiger partial charge in [-0.3, -0.25) is 19.3 Å². The molecular weight excluding hydrogens is 395 g/mol. The lowest BCUT2D eigenvalue weighted by Crippen LogP contribution is -2.36. The van der Waals surface area contributed by atoms with E-state index in [1.165, 1.54) is 34.1 Å². The first-order valence-electron chi connectivity index (χ1n) is 10.2. The van der Waals surface area contributed by atoms with E-state index >= 15 is 0 Å². The third-order valence-corrected chi connectivity index (χ3v) is 5.81. The standard InChI is InChI=1S/C25H19FN2O3/c26-21-10-4-8-17-9-5-13-27(22(17)21)23(29)18-11-12-19-20(14-18)25(31)28(24(19)30)15-16-6-2-1-3-7-16/h1-4,6-8,10-12,14H,5,9,13,15H2. The Balaban J connectivity index is 1.46. The van der Waals surface area contributed by atoms with Gasteiger partial charge in [0.2, 0.25) is 0 Å². The van der Waals surface area contributed by atoms with Crippen molar-refractivity contribution in [3.05, 3.63) is 100 Å². The minimum atomic E-state index is -0.438. The number of halogens is 1. The number of rotatable bonds is 3. The van der Waals surface area contributed by atoms with Crippen LogP contribution in [0.2, 0.25) is 0 Å². The third-order valence-electron chi connectivity index (χ3n) is 5.81. The van der Waals surface area contributed by atoms with Gasteiger partial charge in [-0.15, -0.1) is 0 Å². The van der Waals surface area contributed by atoms with Gasteiger partial charge in [-0.25, -0.2) is 4.39 Å². The summed E-state index contributed by atoms with van der Waals surface area (Å²) in [6.07, 6.45) is 1.44. The normalized spacial score (nSPS) is 15.1. The summed E-state index contributed by atoms with van der Waals surface area (Å²) in [4.78, 5) is 41.5. The number of amides is 3. The molecule has 0 unspecified atom stereocenters. The highest BCUT2D eigenvalue weighted by atomic mass is 19.1. The molecule has 3 aromatic carbocycles. The molecule has 0 aliphatic carbocycles.